The Balaban J connectivity index is 1.12. The fraction of sp³-hybridized carbons (Fsp3) is 0. The lowest BCUT2D eigenvalue weighted by Crippen LogP contribution is -2.61. The first kappa shape index (κ1) is 41.1. The Morgan fingerprint density at radius 3 is 0.900 bits per heavy atom. The van der Waals surface area contributed by atoms with Gasteiger partial charge in [-0.2, -0.15) is 0 Å². The van der Waals surface area contributed by atoms with Gasteiger partial charge >= 0.3 is 0 Å². The summed E-state index contributed by atoms with van der Waals surface area (Å²) in [7, 11) is 0. The summed E-state index contributed by atoms with van der Waals surface area (Å²) in [4.78, 5) is 7.45. The Kier molecular flexibility index (Phi) is 10.3. The SMILES string of the molecule is c1ccc(-c2ccc(N3c4ccc(-c5ccccc5)cc4B4c5cc(-c6ccccc6)ccc5N(c5ccc(-c6ccccc6)cc5)c5cc(N(c6ccccc6)c6ccccc6)cc3c54)cc2)cc1. The fourth-order valence-electron chi connectivity index (χ4n) is 10.8. The van der Waals surface area contributed by atoms with Crippen LogP contribution in [0, 0.1) is 0 Å². The maximum Gasteiger partial charge on any atom is 0.252 e. The molecule has 0 atom stereocenters. The summed E-state index contributed by atoms with van der Waals surface area (Å²) in [5.74, 6) is 0. The van der Waals surface area contributed by atoms with E-state index in [1.807, 2.05) is 0 Å². The Hall–Kier alpha value is -9.12. The van der Waals surface area contributed by atoms with Gasteiger partial charge in [-0.1, -0.05) is 206 Å². The molecule has 2 aliphatic rings. The first-order chi connectivity index (χ1) is 34.7. The molecule has 328 valence electrons. The van der Waals surface area contributed by atoms with E-state index in [9.17, 15) is 0 Å². The molecular weight excluding hydrogens is 846 g/mol. The highest BCUT2D eigenvalue weighted by atomic mass is 15.2. The van der Waals surface area contributed by atoms with Crippen molar-refractivity contribution in [3.63, 3.8) is 0 Å². The van der Waals surface area contributed by atoms with Crippen molar-refractivity contribution in [1.82, 2.24) is 0 Å². The normalized spacial score (nSPS) is 12.2. The Bertz CT molecular complexity index is 3390. The van der Waals surface area contributed by atoms with Crippen molar-refractivity contribution in [1.29, 1.82) is 0 Å². The molecule has 0 amide bonds. The zero-order valence-electron chi connectivity index (χ0n) is 38.5. The van der Waals surface area contributed by atoms with Gasteiger partial charge in [-0.15, -0.1) is 0 Å². The highest BCUT2D eigenvalue weighted by molar-refractivity contribution is 7.00. The minimum absolute atomic E-state index is 0.0991. The largest absolute Gasteiger partial charge is 0.311 e. The van der Waals surface area contributed by atoms with Crippen molar-refractivity contribution in [3.8, 4) is 44.5 Å². The molecule has 11 aromatic carbocycles. The molecule has 0 N–H and O–H groups in total. The van der Waals surface area contributed by atoms with Crippen LogP contribution in [0.3, 0.4) is 0 Å². The molecule has 0 saturated heterocycles. The zero-order chi connectivity index (χ0) is 46.4. The number of fused-ring (bicyclic) bond motifs is 4. The summed E-state index contributed by atoms with van der Waals surface area (Å²) in [5.41, 5.74) is 23.4. The van der Waals surface area contributed by atoms with Crippen LogP contribution < -0.4 is 31.1 Å². The van der Waals surface area contributed by atoms with E-state index < -0.39 is 0 Å². The standard InChI is InChI=1S/C66H46BN3/c1-7-19-47(20-8-1)51-31-37-57(38-32-51)69-62-41-35-53(49-23-11-3-12-24-49)43-60(62)67-61-44-54(50-25-13-4-14-26-50)36-42-63(61)70(58-39-33-52(34-40-58)48-21-9-2-10-22-48)65-46-59(45-64(69)66(65)67)68(55-27-15-5-16-28-55)56-29-17-6-18-30-56/h1-46H. The lowest BCUT2D eigenvalue weighted by atomic mass is 9.33. The molecule has 4 heteroatoms. The average molecular weight is 892 g/mol. The van der Waals surface area contributed by atoms with Crippen LogP contribution in [0.1, 0.15) is 0 Å². The second-order valence-electron chi connectivity index (χ2n) is 18.1. The zero-order valence-corrected chi connectivity index (χ0v) is 38.5. The number of para-hydroxylation sites is 2. The van der Waals surface area contributed by atoms with E-state index in [2.05, 4.69) is 294 Å². The molecule has 3 nitrogen and oxygen atoms in total. The first-order valence-corrected chi connectivity index (χ1v) is 24.1. The molecule has 11 aromatic rings. The van der Waals surface area contributed by atoms with E-state index in [0.717, 1.165) is 51.2 Å². The third kappa shape index (κ3) is 7.26. The van der Waals surface area contributed by atoms with Crippen molar-refractivity contribution in [2.75, 3.05) is 14.7 Å². The van der Waals surface area contributed by atoms with Crippen molar-refractivity contribution >= 4 is 74.3 Å². The van der Waals surface area contributed by atoms with Gasteiger partial charge in [-0.3, -0.25) is 0 Å². The van der Waals surface area contributed by atoms with Crippen molar-refractivity contribution < 1.29 is 0 Å². The molecule has 0 saturated carbocycles. The molecule has 70 heavy (non-hydrogen) atoms. The summed E-state index contributed by atoms with van der Waals surface area (Å²) in [6, 6.07) is 102. The van der Waals surface area contributed by atoms with E-state index in [-0.39, 0.29) is 6.71 Å². The van der Waals surface area contributed by atoms with Gasteiger partial charge in [0.2, 0.25) is 0 Å². The van der Waals surface area contributed by atoms with E-state index in [0.29, 0.717) is 0 Å². The molecule has 0 aromatic heterocycles. The molecule has 13 rings (SSSR count). The Morgan fingerprint density at radius 2 is 0.543 bits per heavy atom. The second-order valence-corrected chi connectivity index (χ2v) is 18.1. The van der Waals surface area contributed by atoms with Gasteiger partial charge in [0.15, 0.2) is 0 Å². The molecule has 0 unspecified atom stereocenters. The predicted molar refractivity (Wildman–Crippen MR) is 297 cm³/mol. The van der Waals surface area contributed by atoms with Crippen LogP contribution >= 0.6 is 0 Å². The van der Waals surface area contributed by atoms with Crippen LogP contribution in [0.25, 0.3) is 44.5 Å². The Morgan fingerprint density at radius 1 is 0.243 bits per heavy atom. The van der Waals surface area contributed by atoms with Crippen LogP contribution in [0.5, 0.6) is 0 Å². The topological polar surface area (TPSA) is 9.72 Å². The molecule has 0 aliphatic carbocycles. The van der Waals surface area contributed by atoms with Gasteiger partial charge in [0.05, 0.1) is 5.69 Å². The van der Waals surface area contributed by atoms with E-state index in [4.69, 9.17) is 0 Å². The molecular formula is C66H46BN3. The van der Waals surface area contributed by atoms with Crippen LogP contribution in [-0.4, -0.2) is 6.71 Å². The minimum atomic E-state index is -0.0991. The van der Waals surface area contributed by atoms with Crippen LogP contribution in [0.15, 0.2) is 279 Å². The van der Waals surface area contributed by atoms with Crippen LogP contribution in [-0.2, 0) is 0 Å². The molecule has 2 heterocycles. The van der Waals surface area contributed by atoms with Gasteiger partial charge in [-0.25, -0.2) is 0 Å². The van der Waals surface area contributed by atoms with Gasteiger partial charge in [0.1, 0.15) is 0 Å². The Labute approximate surface area is 410 Å². The third-order valence-electron chi connectivity index (χ3n) is 14.0. The van der Waals surface area contributed by atoms with Crippen molar-refractivity contribution in [2.45, 2.75) is 0 Å². The number of hydrogen-bond donors (Lipinski definition) is 0. The maximum absolute atomic E-state index is 2.52. The van der Waals surface area contributed by atoms with Crippen molar-refractivity contribution in [2.24, 2.45) is 0 Å². The molecule has 0 bridgehead atoms. The number of anilines is 9. The summed E-state index contributed by atoms with van der Waals surface area (Å²) < 4.78 is 0. The number of benzene rings is 11. The lowest BCUT2D eigenvalue weighted by Gasteiger charge is -2.45. The fourth-order valence-corrected chi connectivity index (χ4v) is 10.8. The van der Waals surface area contributed by atoms with E-state index in [1.165, 1.54) is 60.9 Å². The number of hydrogen-bond acceptors (Lipinski definition) is 3. The highest BCUT2D eigenvalue weighted by Gasteiger charge is 2.44. The van der Waals surface area contributed by atoms with Crippen LogP contribution in [0.2, 0.25) is 0 Å². The van der Waals surface area contributed by atoms with Crippen molar-refractivity contribution in [3.05, 3.63) is 279 Å². The van der Waals surface area contributed by atoms with Gasteiger partial charge < -0.3 is 14.7 Å². The van der Waals surface area contributed by atoms with Gasteiger partial charge in [0.25, 0.3) is 6.71 Å². The number of rotatable bonds is 9. The second kappa shape index (κ2) is 17.5. The maximum atomic E-state index is 2.52. The van der Waals surface area contributed by atoms with Crippen LogP contribution in [0.4, 0.5) is 51.2 Å². The lowest BCUT2D eigenvalue weighted by molar-refractivity contribution is 1.23. The summed E-state index contributed by atoms with van der Waals surface area (Å²) in [6.07, 6.45) is 0. The molecule has 0 spiro atoms. The summed E-state index contributed by atoms with van der Waals surface area (Å²) in [5, 5.41) is 0. The smallest absolute Gasteiger partial charge is 0.252 e. The molecule has 2 aliphatic heterocycles. The monoisotopic (exact) mass is 891 g/mol. The minimum Gasteiger partial charge on any atom is -0.311 e. The summed E-state index contributed by atoms with van der Waals surface area (Å²) in [6.45, 7) is -0.0991. The predicted octanol–water partition coefficient (Wildman–Crippen LogP) is 15.9. The molecule has 0 fully saturated rings. The third-order valence-corrected chi connectivity index (χ3v) is 14.0. The van der Waals surface area contributed by atoms with Gasteiger partial charge in [-0.05, 0) is 134 Å². The number of nitrogens with zero attached hydrogens (tertiary/aromatic N) is 3. The van der Waals surface area contributed by atoms with E-state index in [1.54, 1.807) is 0 Å². The molecule has 0 radical (unpaired) electrons. The first-order valence-electron chi connectivity index (χ1n) is 24.1. The average Bonchev–Trinajstić information content (AvgIpc) is 3.44. The van der Waals surface area contributed by atoms with E-state index >= 15 is 0 Å². The summed E-state index contributed by atoms with van der Waals surface area (Å²) >= 11 is 0. The quantitative estimate of drug-likeness (QED) is 0.134. The van der Waals surface area contributed by atoms with Gasteiger partial charge in [0, 0.05) is 45.5 Å². The highest BCUT2D eigenvalue weighted by Crippen LogP contribution is 2.49.